The van der Waals surface area contributed by atoms with Gasteiger partial charge in [-0.2, -0.15) is 0 Å². The Morgan fingerprint density at radius 3 is 2.42 bits per heavy atom. The van der Waals surface area contributed by atoms with Crippen LogP contribution in [-0.4, -0.2) is 52.4 Å². The monoisotopic (exact) mass is 451 g/mol. The van der Waals surface area contributed by atoms with Crippen LogP contribution in [0.3, 0.4) is 0 Å². The van der Waals surface area contributed by atoms with E-state index in [1.54, 1.807) is 41.3 Å². The number of aliphatic hydroxyl groups excluding tert-OH is 2. The van der Waals surface area contributed by atoms with Crippen molar-refractivity contribution in [3.05, 3.63) is 77.7 Å². The minimum Gasteiger partial charge on any atom is -0.457 e. The highest BCUT2D eigenvalue weighted by molar-refractivity contribution is 5.76. The van der Waals surface area contributed by atoms with E-state index in [-0.39, 0.29) is 18.5 Å². The Hall–Kier alpha value is -3.49. The molecule has 0 saturated carbocycles. The summed E-state index contributed by atoms with van der Waals surface area (Å²) < 4.78 is 18.8. The van der Waals surface area contributed by atoms with Gasteiger partial charge in [0, 0.05) is 30.9 Å². The average molecular weight is 451 g/mol. The molecule has 7 nitrogen and oxygen atoms in total. The van der Waals surface area contributed by atoms with Crippen LogP contribution in [0, 0.1) is 5.82 Å². The quantitative estimate of drug-likeness (QED) is 0.462. The van der Waals surface area contributed by atoms with E-state index in [0.717, 1.165) is 17.7 Å². The first-order chi connectivity index (χ1) is 16.0. The van der Waals surface area contributed by atoms with Crippen LogP contribution in [0.15, 0.2) is 60.7 Å². The first kappa shape index (κ1) is 22.7. The third-order valence-corrected chi connectivity index (χ3v) is 5.46. The lowest BCUT2D eigenvalue weighted by Crippen LogP contribution is -2.29. The predicted molar refractivity (Wildman–Crippen MR) is 121 cm³/mol. The van der Waals surface area contributed by atoms with Crippen LogP contribution in [0.2, 0.25) is 0 Å². The van der Waals surface area contributed by atoms with Gasteiger partial charge in [-0.25, -0.2) is 9.18 Å². The number of nitrogens with zero attached hydrogens (tertiary/aromatic N) is 2. The number of aryl methyl sites for hydroxylation is 1. The van der Waals surface area contributed by atoms with E-state index in [2.05, 4.69) is 5.32 Å². The summed E-state index contributed by atoms with van der Waals surface area (Å²) in [5, 5.41) is 22.4. The van der Waals surface area contributed by atoms with E-state index in [1.165, 1.54) is 12.1 Å². The molecule has 1 aliphatic rings. The molecule has 3 N–H and O–H groups in total. The zero-order valence-corrected chi connectivity index (χ0v) is 18.1. The van der Waals surface area contributed by atoms with Gasteiger partial charge in [0.05, 0.1) is 12.3 Å². The maximum Gasteiger partial charge on any atom is 0.317 e. The Labute approximate surface area is 191 Å². The zero-order chi connectivity index (χ0) is 23.2. The van der Waals surface area contributed by atoms with Gasteiger partial charge < -0.3 is 25.2 Å². The van der Waals surface area contributed by atoms with Crippen molar-refractivity contribution in [1.82, 2.24) is 15.2 Å². The second kappa shape index (κ2) is 10.4. The fraction of sp³-hybridized carbons (Fsp3) is 0.280. The smallest absolute Gasteiger partial charge is 0.317 e. The van der Waals surface area contributed by atoms with E-state index >= 15 is 0 Å². The molecule has 1 atom stereocenters. The van der Waals surface area contributed by atoms with Crippen LogP contribution in [0.4, 0.5) is 9.18 Å². The van der Waals surface area contributed by atoms with Gasteiger partial charge in [0.1, 0.15) is 23.4 Å². The number of aliphatic hydroxyl groups is 2. The second-order valence-corrected chi connectivity index (χ2v) is 7.88. The molecule has 3 aromatic rings. The Bertz CT molecular complexity index is 1090. The molecule has 8 heteroatoms. The van der Waals surface area contributed by atoms with Crippen molar-refractivity contribution >= 4 is 6.03 Å². The fourth-order valence-corrected chi connectivity index (χ4v) is 3.69. The molecule has 172 valence electrons. The molecule has 0 spiro atoms. The summed E-state index contributed by atoms with van der Waals surface area (Å²) in [5.74, 6) is 0.804. The first-order valence-corrected chi connectivity index (χ1v) is 10.9. The maximum atomic E-state index is 13.1. The molecule has 1 fully saturated rings. The SMILES string of the molecule is O=C1NCCN1CCCc1cc([C@H](O)CO)cc(-c2ccc(Oc3ccc(F)cc3)cc2)n1. The molecule has 1 aliphatic heterocycles. The number of amides is 2. The number of urea groups is 1. The Balaban J connectivity index is 1.49. The van der Waals surface area contributed by atoms with Crippen molar-refractivity contribution < 1.29 is 24.1 Å². The molecular formula is C25H26FN3O4. The van der Waals surface area contributed by atoms with E-state index in [1.807, 2.05) is 12.1 Å². The standard InChI is InChI=1S/C25H26FN3O4/c26-19-5-9-22(10-6-19)33-21-7-3-17(4-8-21)23-15-18(24(31)16-30)14-20(28-23)2-1-12-29-13-11-27-25(29)32/h3-10,14-15,24,30-31H,1-2,11-13,16H2,(H,27,32)/t24-/m1/s1. The molecule has 33 heavy (non-hydrogen) atoms. The van der Waals surface area contributed by atoms with Crippen LogP contribution in [-0.2, 0) is 6.42 Å². The van der Waals surface area contributed by atoms with Gasteiger partial charge in [-0.05, 0) is 79.1 Å². The summed E-state index contributed by atoms with van der Waals surface area (Å²) in [6.45, 7) is 1.61. The van der Waals surface area contributed by atoms with Gasteiger partial charge in [-0.3, -0.25) is 4.98 Å². The van der Waals surface area contributed by atoms with Gasteiger partial charge in [0.25, 0.3) is 0 Å². The lowest BCUT2D eigenvalue weighted by atomic mass is 10.0. The minimum absolute atomic E-state index is 0.0453. The van der Waals surface area contributed by atoms with Gasteiger partial charge in [-0.15, -0.1) is 0 Å². The van der Waals surface area contributed by atoms with E-state index in [4.69, 9.17) is 9.72 Å². The van der Waals surface area contributed by atoms with Gasteiger partial charge in [0.2, 0.25) is 0 Å². The number of aromatic nitrogens is 1. The Morgan fingerprint density at radius 1 is 1.09 bits per heavy atom. The number of pyridine rings is 1. The molecule has 0 unspecified atom stereocenters. The van der Waals surface area contributed by atoms with Crippen LogP contribution in [0.1, 0.15) is 23.8 Å². The molecule has 4 rings (SSSR count). The molecular weight excluding hydrogens is 425 g/mol. The number of hydrogen-bond donors (Lipinski definition) is 3. The third kappa shape index (κ3) is 5.85. The van der Waals surface area contributed by atoms with Crippen LogP contribution < -0.4 is 10.1 Å². The number of benzene rings is 2. The van der Waals surface area contributed by atoms with Crippen molar-refractivity contribution in [2.75, 3.05) is 26.2 Å². The topological polar surface area (TPSA) is 94.9 Å². The van der Waals surface area contributed by atoms with E-state index in [9.17, 15) is 19.4 Å². The van der Waals surface area contributed by atoms with Crippen LogP contribution in [0.25, 0.3) is 11.3 Å². The van der Waals surface area contributed by atoms with Crippen molar-refractivity contribution in [3.8, 4) is 22.8 Å². The molecule has 0 radical (unpaired) electrons. The molecule has 0 bridgehead atoms. The lowest BCUT2D eigenvalue weighted by molar-refractivity contribution is 0.0955. The van der Waals surface area contributed by atoms with Crippen molar-refractivity contribution in [2.45, 2.75) is 18.9 Å². The minimum atomic E-state index is -1.00. The van der Waals surface area contributed by atoms with Crippen LogP contribution >= 0.6 is 0 Å². The number of nitrogens with one attached hydrogen (secondary N) is 1. The number of rotatable bonds is 9. The molecule has 2 aromatic carbocycles. The predicted octanol–water partition coefficient (Wildman–Crippen LogP) is 3.66. The van der Waals surface area contributed by atoms with Gasteiger partial charge in [0.15, 0.2) is 0 Å². The lowest BCUT2D eigenvalue weighted by Gasteiger charge is -2.15. The third-order valence-electron chi connectivity index (χ3n) is 5.46. The molecule has 0 aliphatic carbocycles. The van der Waals surface area contributed by atoms with E-state index in [0.29, 0.717) is 48.8 Å². The fourth-order valence-electron chi connectivity index (χ4n) is 3.69. The Morgan fingerprint density at radius 2 is 1.79 bits per heavy atom. The summed E-state index contributed by atoms with van der Waals surface area (Å²) in [6.07, 6.45) is 0.369. The van der Waals surface area contributed by atoms with Crippen molar-refractivity contribution in [1.29, 1.82) is 0 Å². The average Bonchev–Trinajstić information content (AvgIpc) is 3.25. The highest BCUT2D eigenvalue weighted by atomic mass is 19.1. The van der Waals surface area contributed by atoms with Crippen molar-refractivity contribution in [3.63, 3.8) is 0 Å². The normalized spacial score (nSPS) is 14.3. The number of ether oxygens (including phenoxy) is 1. The summed E-state index contributed by atoms with van der Waals surface area (Å²) in [5.41, 5.74) is 2.86. The molecule has 2 amide bonds. The number of hydrogen-bond acceptors (Lipinski definition) is 5. The van der Waals surface area contributed by atoms with Gasteiger partial charge >= 0.3 is 6.03 Å². The number of carbonyl (C=O) groups excluding carboxylic acids is 1. The van der Waals surface area contributed by atoms with Crippen LogP contribution in [0.5, 0.6) is 11.5 Å². The summed E-state index contributed by atoms with van der Waals surface area (Å²) in [7, 11) is 0. The zero-order valence-electron chi connectivity index (χ0n) is 18.1. The summed E-state index contributed by atoms with van der Waals surface area (Å²) >= 11 is 0. The number of halogens is 1. The highest BCUT2D eigenvalue weighted by Gasteiger charge is 2.19. The Kier molecular flexibility index (Phi) is 7.16. The van der Waals surface area contributed by atoms with Gasteiger partial charge in [-0.1, -0.05) is 0 Å². The maximum absolute atomic E-state index is 13.1. The highest BCUT2D eigenvalue weighted by Crippen LogP contribution is 2.27. The first-order valence-electron chi connectivity index (χ1n) is 10.9. The molecule has 1 aromatic heterocycles. The second-order valence-electron chi connectivity index (χ2n) is 7.88. The number of carbonyl (C=O) groups is 1. The molecule has 2 heterocycles. The van der Waals surface area contributed by atoms with Crippen molar-refractivity contribution in [2.24, 2.45) is 0 Å². The molecule has 1 saturated heterocycles. The summed E-state index contributed by atoms with van der Waals surface area (Å²) in [6, 6.07) is 16.6. The largest absolute Gasteiger partial charge is 0.457 e. The summed E-state index contributed by atoms with van der Waals surface area (Å²) in [4.78, 5) is 18.2. The van der Waals surface area contributed by atoms with E-state index < -0.39 is 6.10 Å².